The number of fused-ring (bicyclic) bond motifs is 2. The second-order valence-electron chi connectivity index (χ2n) is 4.18. The van der Waals surface area contributed by atoms with E-state index < -0.39 is 0 Å². The van der Waals surface area contributed by atoms with E-state index in [2.05, 4.69) is 33.2 Å². The maximum atomic E-state index is 4.55. The van der Waals surface area contributed by atoms with Crippen molar-refractivity contribution in [2.24, 2.45) is 0 Å². The first-order valence-electron chi connectivity index (χ1n) is 5.79. The van der Waals surface area contributed by atoms with Gasteiger partial charge in [0, 0.05) is 17.8 Å². The topological polar surface area (TPSA) is 46.5 Å². The Labute approximate surface area is 103 Å². The van der Waals surface area contributed by atoms with Gasteiger partial charge < -0.3 is 4.98 Å². The molecule has 0 amide bonds. The molecule has 0 aliphatic carbocycles. The van der Waals surface area contributed by atoms with E-state index in [9.17, 15) is 0 Å². The lowest BCUT2D eigenvalue weighted by Crippen LogP contribution is -1.93. The Morgan fingerprint density at radius 1 is 1.00 bits per heavy atom. The molecule has 18 heavy (non-hydrogen) atoms. The van der Waals surface area contributed by atoms with Crippen LogP contribution in [-0.2, 0) is 0 Å². The van der Waals surface area contributed by atoms with Crippen LogP contribution in [0.3, 0.4) is 0 Å². The van der Waals surface area contributed by atoms with Gasteiger partial charge in [-0.2, -0.15) is 0 Å². The first-order valence-corrected chi connectivity index (χ1v) is 5.79. The fourth-order valence-corrected chi connectivity index (χ4v) is 2.21. The van der Waals surface area contributed by atoms with Crippen LogP contribution in [0.1, 0.15) is 0 Å². The van der Waals surface area contributed by atoms with Gasteiger partial charge in [0.15, 0.2) is 5.65 Å². The average Bonchev–Trinajstić information content (AvgIpc) is 3.02. The molecule has 0 saturated heterocycles. The van der Waals surface area contributed by atoms with Crippen molar-refractivity contribution in [1.82, 2.24) is 19.5 Å². The third kappa shape index (κ3) is 1.26. The Kier molecular flexibility index (Phi) is 1.80. The predicted octanol–water partition coefficient (Wildman–Crippen LogP) is 2.90. The summed E-state index contributed by atoms with van der Waals surface area (Å²) < 4.78 is 2.04. The number of benzene rings is 1. The van der Waals surface area contributed by atoms with Gasteiger partial charge in [0.25, 0.3) is 0 Å². The number of aromatic nitrogens is 4. The first-order chi connectivity index (χ1) is 8.92. The molecule has 0 spiro atoms. The van der Waals surface area contributed by atoms with Crippen molar-refractivity contribution >= 4 is 22.1 Å². The molecular formula is C14H10N4. The molecule has 4 aromatic rings. The number of nitrogens with zero attached hydrogens (tertiary/aromatic N) is 3. The molecule has 3 heterocycles. The number of hydrogen-bond donors (Lipinski definition) is 1. The normalized spacial score (nSPS) is 11.3. The van der Waals surface area contributed by atoms with Crippen LogP contribution in [0.25, 0.3) is 28.0 Å². The smallest absolute Gasteiger partial charge is 0.213 e. The van der Waals surface area contributed by atoms with Gasteiger partial charge in [0.2, 0.25) is 5.95 Å². The highest BCUT2D eigenvalue weighted by Gasteiger charge is 2.07. The van der Waals surface area contributed by atoms with Gasteiger partial charge in [-0.1, -0.05) is 18.2 Å². The molecule has 0 aliphatic rings. The van der Waals surface area contributed by atoms with Crippen LogP contribution in [0.2, 0.25) is 0 Å². The molecule has 0 saturated carbocycles. The summed E-state index contributed by atoms with van der Waals surface area (Å²) in [7, 11) is 0. The van der Waals surface area contributed by atoms with Gasteiger partial charge in [-0.25, -0.2) is 9.97 Å². The van der Waals surface area contributed by atoms with Crippen molar-refractivity contribution < 1.29 is 0 Å². The highest BCUT2D eigenvalue weighted by Crippen LogP contribution is 2.19. The van der Waals surface area contributed by atoms with E-state index in [0.717, 1.165) is 22.6 Å². The number of para-hydroxylation sites is 1. The standard InChI is InChI=1S/C14H10N4/c1-2-6-12-10(4-1)7-9-18(12)14-16-11-5-3-8-15-13(11)17-14/h1-9H,(H,15,16,17). The molecule has 0 radical (unpaired) electrons. The highest BCUT2D eigenvalue weighted by molar-refractivity contribution is 5.82. The summed E-state index contributed by atoms with van der Waals surface area (Å²) in [5.41, 5.74) is 2.83. The maximum absolute atomic E-state index is 4.55. The van der Waals surface area contributed by atoms with E-state index in [0.29, 0.717) is 0 Å². The summed E-state index contributed by atoms with van der Waals surface area (Å²) in [6.45, 7) is 0. The number of nitrogens with one attached hydrogen (secondary N) is 1. The van der Waals surface area contributed by atoms with Crippen molar-refractivity contribution in [1.29, 1.82) is 0 Å². The van der Waals surface area contributed by atoms with E-state index in [-0.39, 0.29) is 0 Å². The lowest BCUT2D eigenvalue weighted by atomic mass is 10.2. The van der Waals surface area contributed by atoms with Crippen LogP contribution in [0.5, 0.6) is 0 Å². The molecule has 1 N–H and O–H groups in total. The van der Waals surface area contributed by atoms with E-state index >= 15 is 0 Å². The van der Waals surface area contributed by atoms with E-state index in [1.54, 1.807) is 6.20 Å². The SMILES string of the molecule is c1ccc2c(c1)ccn2-c1nc2cccnc2[nH]1. The zero-order valence-electron chi connectivity index (χ0n) is 9.54. The Morgan fingerprint density at radius 2 is 1.94 bits per heavy atom. The largest absolute Gasteiger partial charge is 0.308 e. The molecule has 0 fully saturated rings. The van der Waals surface area contributed by atoms with Crippen molar-refractivity contribution in [3.63, 3.8) is 0 Å². The van der Waals surface area contributed by atoms with Gasteiger partial charge >= 0.3 is 0 Å². The molecule has 0 bridgehead atoms. The summed E-state index contributed by atoms with van der Waals surface area (Å²) in [5, 5.41) is 1.20. The number of hydrogen-bond acceptors (Lipinski definition) is 2. The summed E-state index contributed by atoms with van der Waals surface area (Å²) in [5.74, 6) is 0.796. The van der Waals surface area contributed by atoms with Crippen molar-refractivity contribution in [2.75, 3.05) is 0 Å². The predicted molar refractivity (Wildman–Crippen MR) is 70.7 cm³/mol. The van der Waals surface area contributed by atoms with Gasteiger partial charge in [-0.05, 0) is 24.3 Å². The molecule has 4 heteroatoms. The highest BCUT2D eigenvalue weighted by atomic mass is 15.2. The molecule has 4 nitrogen and oxygen atoms in total. The fourth-order valence-electron chi connectivity index (χ4n) is 2.21. The lowest BCUT2D eigenvalue weighted by molar-refractivity contribution is 1.01. The van der Waals surface area contributed by atoms with E-state index in [4.69, 9.17) is 0 Å². The minimum absolute atomic E-state index is 0.796. The minimum Gasteiger partial charge on any atom is -0.308 e. The molecular weight excluding hydrogens is 224 g/mol. The monoisotopic (exact) mass is 234 g/mol. The average molecular weight is 234 g/mol. The van der Waals surface area contributed by atoms with Gasteiger partial charge in [-0.15, -0.1) is 0 Å². The zero-order chi connectivity index (χ0) is 11.9. The molecule has 4 rings (SSSR count). The quantitative estimate of drug-likeness (QED) is 0.550. The third-order valence-corrected chi connectivity index (χ3v) is 3.07. The number of H-pyrrole nitrogens is 1. The van der Waals surface area contributed by atoms with Crippen LogP contribution in [0.15, 0.2) is 54.9 Å². The van der Waals surface area contributed by atoms with Gasteiger partial charge in [0.1, 0.15) is 5.52 Å². The van der Waals surface area contributed by atoms with Crippen LogP contribution < -0.4 is 0 Å². The maximum Gasteiger partial charge on any atom is 0.213 e. The van der Waals surface area contributed by atoms with Crippen LogP contribution in [0, 0.1) is 0 Å². The van der Waals surface area contributed by atoms with Crippen molar-refractivity contribution in [3.05, 3.63) is 54.9 Å². The minimum atomic E-state index is 0.796. The lowest BCUT2D eigenvalue weighted by Gasteiger charge is -1.99. The number of rotatable bonds is 1. The number of imidazole rings is 1. The summed E-state index contributed by atoms with van der Waals surface area (Å²) in [6, 6.07) is 14.2. The second kappa shape index (κ2) is 3.43. The Balaban J connectivity index is 2.01. The summed E-state index contributed by atoms with van der Waals surface area (Å²) in [6.07, 6.45) is 3.78. The summed E-state index contributed by atoms with van der Waals surface area (Å²) in [4.78, 5) is 12.0. The molecule has 0 aliphatic heterocycles. The molecule has 0 atom stereocenters. The molecule has 0 unspecified atom stereocenters. The van der Waals surface area contributed by atoms with Gasteiger partial charge in [0.05, 0.1) is 5.52 Å². The fraction of sp³-hybridized carbons (Fsp3) is 0. The molecule has 1 aromatic carbocycles. The Morgan fingerprint density at radius 3 is 2.89 bits per heavy atom. The van der Waals surface area contributed by atoms with E-state index in [1.807, 2.05) is 35.0 Å². The first kappa shape index (κ1) is 9.41. The van der Waals surface area contributed by atoms with E-state index in [1.165, 1.54) is 5.39 Å². The van der Waals surface area contributed by atoms with Gasteiger partial charge in [-0.3, -0.25) is 4.57 Å². The zero-order valence-corrected chi connectivity index (χ0v) is 9.54. The van der Waals surface area contributed by atoms with Crippen molar-refractivity contribution in [3.8, 4) is 5.95 Å². The number of pyridine rings is 1. The van der Waals surface area contributed by atoms with Crippen LogP contribution in [0.4, 0.5) is 0 Å². The summed E-state index contributed by atoms with van der Waals surface area (Å²) >= 11 is 0. The van der Waals surface area contributed by atoms with Crippen LogP contribution >= 0.6 is 0 Å². The van der Waals surface area contributed by atoms with Crippen LogP contribution in [-0.4, -0.2) is 19.5 Å². The molecule has 3 aromatic heterocycles. The Bertz CT molecular complexity index is 808. The third-order valence-electron chi connectivity index (χ3n) is 3.07. The second-order valence-corrected chi connectivity index (χ2v) is 4.18. The van der Waals surface area contributed by atoms with Crippen molar-refractivity contribution in [2.45, 2.75) is 0 Å². The molecule has 86 valence electrons. The Hall–Kier alpha value is -2.62. The number of aromatic amines is 1.